The van der Waals surface area contributed by atoms with Gasteiger partial charge in [0, 0.05) is 24.2 Å². The summed E-state index contributed by atoms with van der Waals surface area (Å²) in [6.45, 7) is 1.68. The molecule has 1 fully saturated rings. The highest BCUT2D eigenvalue weighted by molar-refractivity contribution is 5.50. The van der Waals surface area contributed by atoms with Crippen molar-refractivity contribution in [1.29, 1.82) is 0 Å². The minimum absolute atomic E-state index is 0.180. The van der Waals surface area contributed by atoms with Crippen LogP contribution in [0.2, 0.25) is 0 Å². The van der Waals surface area contributed by atoms with Crippen LogP contribution < -0.4 is 14.2 Å². The Morgan fingerprint density at radius 2 is 1.67 bits per heavy atom. The minimum Gasteiger partial charge on any atom is -0.496 e. The molecule has 1 atom stereocenters. The summed E-state index contributed by atoms with van der Waals surface area (Å²) in [6.07, 6.45) is 4.52. The molecule has 146 valence electrons. The molecule has 3 rings (SSSR count). The average Bonchev–Trinajstić information content (AvgIpc) is 2.93. The SMILES string of the molecule is COc1cc(OC)c(OC)cc1CN1CCCCCC1c1cccc(F)c1. The Morgan fingerprint density at radius 3 is 2.37 bits per heavy atom. The average molecular weight is 373 g/mol. The third-order valence-electron chi connectivity index (χ3n) is 5.26. The van der Waals surface area contributed by atoms with Crippen LogP contribution in [-0.4, -0.2) is 32.8 Å². The Labute approximate surface area is 160 Å². The molecule has 4 nitrogen and oxygen atoms in total. The van der Waals surface area contributed by atoms with Gasteiger partial charge in [0.1, 0.15) is 11.6 Å². The van der Waals surface area contributed by atoms with Gasteiger partial charge in [-0.1, -0.05) is 25.0 Å². The van der Waals surface area contributed by atoms with Crippen molar-refractivity contribution in [2.24, 2.45) is 0 Å². The van der Waals surface area contributed by atoms with Gasteiger partial charge in [-0.05, 0) is 43.1 Å². The van der Waals surface area contributed by atoms with Gasteiger partial charge in [-0.15, -0.1) is 0 Å². The summed E-state index contributed by atoms with van der Waals surface area (Å²) < 4.78 is 30.3. The van der Waals surface area contributed by atoms with E-state index in [4.69, 9.17) is 14.2 Å². The predicted octanol–water partition coefficient (Wildman–Crippen LogP) is 4.97. The number of likely N-dealkylation sites (tertiary alicyclic amines) is 1. The molecule has 1 unspecified atom stereocenters. The largest absolute Gasteiger partial charge is 0.496 e. The molecule has 2 aromatic carbocycles. The van der Waals surface area contributed by atoms with Crippen LogP contribution in [0.15, 0.2) is 36.4 Å². The van der Waals surface area contributed by atoms with E-state index in [-0.39, 0.29) is 11.9 Å². The summed E-state index contributed by atoms with van der Waals surface area (Å²) in [7, 11) is 4.92. The zero-order valence-corrected chi connectivity index (χ0v) is 16.3. The molecule has 0 saturated carbocycles. The number of hydrogen-bond acceptors (Lipinski definition) is 4. The number of nitrogens with zero attached hydrogens (tertiary/aromatic N) is 1. The van der Waals surface area contributed by atoms with E-state index in [1.807, 2.05) is 18.2 Å². The second-order valence-corrected chi connectivity index (χ2v) is 6.91. The van der Waals surface area contributed by atoms with Crippen LogP contribution in [-0.2, 0) is 6.54 Å². The fourth-order valence-electron chi connectivity index (χ4n) is 3.88. The van der Waals surface area contributed by atoms with Gasteiger partial charge in [-0.25, -0.2) is 4.39 Å². The fraction of sp³-hybridized carbons (Fsp3) is 0.455. The van der Waals surface area contributed by atoms with Crippen LogP contribution >= 0.6 is 0 Å². The highest BCUT2D eigenvalue weighted by atomic mass is 19.1. The number of ether oxygens (including phenoxy) is 3. The van der Waals surface area contributed by atoms with Gasteiger partial charge in [0.15, 0.2) is 11.5 Å². The Morgan fingerprint density at radius 1 is 0.926 bits per heavy atom. The van der Waals surface area contributed by atoms with E-state index in [9.17, 15) is 4.39 Å². The summed E-state index contributed by atoms with van der Waals surface area (Å²) in [5.74, 6) is 1.93. The van der Waals surface area contributed by atoms with Gasteiger partial charge in [0.2, 0.25) is 0 Å². The van der Waals surface area contributed by atoms with Crippen molar-refractivity contribution in [2.45, 2.75) is 38.3 Å². The Bertz CT molecular complexity index is 765. The maximum atomic E-state index is 13.8. The molecule has 1 aliphatic heterocycles. The number of hydrogen-bond donors (Lipinski definition) is 0. The first-order chi connectivity index (χ1) is 13.2. The summed E-state index contributed by atoms with van der Waals surface area (Å²) in [4.78, 5) is 2.42. The molecule has 0 aliphatic carbocycles. The van der Waals surface area contributed by atoms with E-state index in [1.54, 1.807) is 33.5 Å². The Hall–Kier alpha value is -2.27. The number of halogens is 1. The van der Waals surface area contributed by atoms with Crippen molar-refractivity contribution >= 4 is 0 Å². The number of methoxy groups -OCH3 is 3. The van der Waals surface area contributed by atoms with Crippen molar-refractivity contribution < 1.29 is 18.6 Å². The van der Waals surface area contributed by atoms with E-state index in [0.29, 0.717) is 18.0 Å². The summed E-state index contributed by atoms with van der Waals surface area (Å²) in [6, 6.07) is 11.0. The second-order valence-electron chi connectivity index (χ2n) is 6.91. The van der Waals surface area contributed by atoms with Crippen LogP contribution in [0.5, 0.6) is 17.2 Å². The zero-order valence-electron chi connectivity index (χ0n) is 16.3. The quantitative estimate of drug-likeness (QED) is 0.715. The lowest BCUT2D eigenvalue weighted by Crippen LogP contribution is -2.28. The van der Waals surface area contributed by atoms with Gasteiger partial charge in [0.05, 0.1) is 21.3 Å². The van der Waals surface area contributed by atoms with Crippen molar-refractivity contribution in [1.82, 2.24) is 4.90 Å². The molecule has 0 N–H and O–H groups in total. The number of benzene rings is 2. The van der Waals surface area contributed by atoms with Crippen molar-refractivity contribution in [2.75, 3.05) is 27.9 Å². The standard InChI is InChI=1S/C22H28FNO3/c1-25-20-14-22(27-3)21(26-2)13-17(20)15-24-11-6-4-5-10-19(24)16-8-7-9-18(23)12-16/h7-9,12-14,19H,4-6,10-11,15H2,1-3H3. The normalized spacial score (nSPS) is 18.0. The topological polar surface area (TPSA) is 30.9 Å². The fourth-order valence-corrected chi connectivity index (χ4v) is 3.88. The van der Waals surface area contributed by atoms with Gasteiger partial charge < -0.3 is 14.2 Å². The van der Waals surface area contributed by atoms with Crippen LogP contribution in [0.4, 0.5) is 4.39 Å². The molecular formula is C22H28FNO3. The Kier molecular flexibility index (Phi) is 6.56. The van der Waals surface area contributed by atoms with Crippen molar-refractivity contribution in [3.8, 4) is 17.2 Å². The molecule has 1 aliphatic rings. The molecule has 0 radical (unpaired) electrons. The lowest BCUT2D eigenvalue weighted by Gasteiger charge is -2.31. The second kappa shape index (κ2) is 9.09. The summed E-state index contributed by atoms with van der Waals surface area (Å²) in [5, 5.41) is 0. The van der Waals surface area contributed by atoms with Gasteiger partial charge >= 0.3 is 0 Å². The first-order valence-electron chi connectivity index (χ1n) is 9.44. The molecule has 0 amide bonds. The molecule has 0 aromatic heterocycles. The minimum atomic E-state index is -0.180. The first kappa shape index (κ1) is 19.5. The van der Waals surface area contributed by atoms with E-state index in [2.05, 4.69) is 4.90 Å². The maximum absolute atomic E-state index is 13.8. The molecule has 0 bridgehead atoms. The lowest BCUT2D eigenvalue weighted by atomic mass is 10.00. The highest BCUT2D eigenvalue weighted by Gasteiger charge is 2.25. The predicted molar refractivity (Wildman–Crippen MR) is 104 cm³/mol. The van der Waals surface area contributed by atoms with Crippen LogP contribution in [0.25, 0.3) is 0 Å². The third-order valence-corrected chi connectivity index (χ3v) is 5.26. The smallest absolute Gasteiger partial charge is 0.164 e. The maximum Gasteiger partial charge on any atom is 0.164 e. The molecule has 27 heavy (non-hydrogen) atoms. The van der Waals surface area contributed by atoms with E-state index >= 15 is 0 Å². The molecular weight excluding hydrogens is 345 g/mol. The lowest BCUT2D eigenvalue weighted by molar-refractivity contribution is 0.189. The molecule has 0 spiro atoms. The third kappa shape index (κ3) is 4.53. The van der Waals surface area contributed by atoms with Gasteiger partial charge in [-0.3, -0.25) is 4.90 Å². The summed E-state index contributed by atoms with van der Waals surface area (Å²) in [5.41, 5.74) is 2.08. The molecule has 1 heterocycles. The monoisotopic (exact) mass is 373 g/mol. The zero-order chi connectivity index (χ0) is 19.2. The highest BCUT2D eigenvalue weighted by Crippen LogP contribution is 2.38. The number of rotatable bonds is 6. The van der Waals surface area contributed by atoms with Crippen molar-refractivity contribution in [3.63, 3.8) is 0 Å². The van der Waals surface area contributed by atoms with Crippen LogP contribution in [0.1, 0.15) is 42.9 Å². The van der Waals surface area contributed by atoms with Crippen LogP contribution in [0, 0.1) is 5.82 Å². The van der Waals surface area contributed by atoms with Gasteiger partial charge in [-0.2, -0.15) is 0 Å². The van der Waals surface area contributed by atoms with Crippen molar-refractivity contribution in [3.05, 3.63) is 53.3 Å². The summed E-state index contributed by atoms with van der Waals surface area (Å²) >= 11 is 0. The van der Waals surface area contributed by atoms with E-state index in [0.717, 1.165) is 42.7 Å². The first-order valence-corrected chi connectivity index (χ1v) is 9.44. The van der Waals surface area contributed by atoms with E-state index in [1.165, 1.54) is 12.5 Å². The Balaban J connectivity index is 1.93. The van der Waals surface area contributed by atoms with Gasteiger partial charge in [0.25, 0.3) is 0 Å². The molecule has 5 heteroatoms. The van der Waals surface area contributed by atoms with E-state index < -0.39 is 0 Å². The molecule has 1 saturated heterocycles. The van der Waals surface area contributed by atoms with Crippen LogP contribution in [0.3, 0.4) is 0 Å². The molecule has 2 aromatic rings.